The summed E-state index contributed by atoms with van der Waals surface area (Å²) in [6, 6.07) is 6.05. The monoisotopic (exact) mass is 354 g/mol. The fraction of sp³-hybridized carbons (Fsp3) is 0.611. The lowest BCUT2D eigenvalue weighted by molar-refractivity contribution is -0.133. The van der Waals surface area contributed by atoms with Gasteiger partial charge in [0.05, 0.1) is 0 Å². The molecule has 1 amide bonds. The van der Waals surface area contributed by atoms with Gasteiger partial charge in [-0.25, -0.2) is 0 Å². The van der Waals surface area contributed by atoms with E-state index in [1.165, 1.54) is 12.8 Å². The van der Waals surface area contributed by atoms with Gasteiger partial charge in [0.15, 0.2) is 11.5 Å². The maximum absolute atomic E-state index is 12.6. The van der Waals surface area contributed by atoms with Gasteiger partial charge in [-0.05, 0) is 43.4 Å². The molecule has 5 nitrogen and oxygen atoms in total. The second kappa shape index (κ2) is 8.58. The Morgan fingerprint density at radius 3 is 2.75 bits per heavy atom. The third kappa shape index (κ3) is 4.33. The zero-order valence-corrected chi connectivity index (χ0v) is 15.0. The lowest BCUT2D eigenvalue weighted by Gasteiger charge is -2.30. The first-order chi connectivity index (χ1) is 11.2. The van der Waals surface area contributed by atoms with Gasteiger partial charge in [0.2, 0.25) is 12.7 Å². The van der Waals surface area contributed by atoms with Crippen LogP contribution in [0, 0.1) is 5.92 Å². The number of hydrogen-bond acceptors (Lipinski definition) is 4. The number of carbonyl (C=O) groups excluding carboxylic acids is 1. The molecule has 1 aromatic carbocycles. The van der Waals surface area contributed by atoms with Crippen LogP contribution >= 0.6 is 12.4 Å². The number of rotatable bonds is 5. The quantitative estimate of drug-likeness (QED) is 0.882. The highest BCUT2D eigenvalue weighted by molar-refractivity contribution is 5.85. The Morgan fingerprint density at radius 1 is 1.25 bits per heavy atom. The van der Waals surface area contributed by atoms with Crippen LogP contribution in [0.1, 0.15) is 44.6 Å². The number of ether oxygens (including phenoxy) is 2. The van der Waals surface area contributed by atoms with E-state index in [1.807, 2.05) is 30.0 Å². The number of hydrogen-bond donors (Lipinski definition) is 1. The van der Waals surface area contributed by atoms with Crippen molar-refractivity contribution in [2.75, 3.05) is 13.3 Å². The Bertz CT molecular complexity index is 567. The summed E-state index contributed by atoms with van der Waals surface area (Å²) < 4.78 is 10.7. The maximum Gasteiger partial charge on any atom is 0.231 e. The Hall–Kier alpha value is -1.46. The third-order valence-corrected chi connectivity index (χ3v) is 4.95. The molecule has 1 aromatic rings. The van der Waals surface area contributed by atoms with E-state index in [0.29, 0.717) is 25.4 Å². The van der Waals surface area contributed by atoms with Gasteiger partial charge >= 0.3 is 0 Å². The summed E-state index contributed by atoms with van der Waals surface area (Å²) in [5.74, 6) is 2.08. The summed E-state index contributed by atoms with van der Waals surface area (Å²) in [6.45, 7) is 3.60. The fourth-order valence-electron chi connectivity index (χ4n) is 3.48. The van der Waals surface area contributed by atoms with Crippen molar-refractivity contribution in [3.8, 4) is 11.5 Å². The predicted octanol–water partition coefficient (Wildman–Crippen LogP) is 3.09. The van der Waals surface area contributed by atoms with Crippen LogP contribution in [0.3, 0.4) is 0 Å². The first-order valence-electron chi connectivity index (χ1n) is 8.59. The van der Waals surface area contributed by atoms with E-state index in [2.05, 4.69) is 0 Å². The SMILES string of the molecule is CCN(Cc1ccc2c(c1)OCO2)C(=O)CC1CCCCC1N.Cl. The van der Waals surface area contributed by atoms with E-state index < -0.39 is 0 Å². The lowest BCUT2D eigenvalue weighted by atomic mass is 9.82. The molecule has 0 aromatic heterocycles. The number of carbonyl (C=O) groups is 1. The molecule has 3 rings (SSSR count). The first-order valence-corrected chi connectivity index (χ1v) is 8.59. The molecule has 6 heteroatoms. The molecule has 0 spiro atoms. The first kappa shape index (κ1) is 18.9. The topological polar surface area (TPSA) is 64.8 Å². The molecule has 1 aliphatic carbocycles. The van der Waals surface area contributed by atoms with Crippen molar-refractivity contribution in [3.63, 3.8) is 0 Å². The Kier molecular flexibility index (Phi) is 6.75. The minimum absolute atomic E-state index is 0. The highest BCUT2D eigenvalue weighted by atomic mass is 35.5. The molecule has 2 atom stereocenters. The Balaban J connectivity index is 0.00000208. The molecular weight excluding hydrogens is 328 g/mol. The van der Waals surface area contributed by atoms with Crippen LogP contribution in [0.4, 0.5) is 0 Å². The van der Waals surface area contributed by atoms with Crippen molar-refractivity contribution >= 4 is 18.3 Å². The molecular formula is C18H27ClN2O3. The van der Waals surface area contributed by atoms with Crippen molar-refractivity contribution in [1.82, 2.24) is 4.90 Å². The molecule has 1 fully saturated rings. The second-order valence-electron chi connectivity index (χ2n) is 6.51. The number of amides is 1. The van der Waals surface area contributed by atoms with Crippen molar-refractivity contribution in [3.05, 3.63) is 23.8 Å². The van der Waals surface area contributed by atoms with Crippen molar-refractivity contribution in [1.29, 1.82) is 0 Å². The number of nitrogens with zero attached hydrogens (tertiary/aromatic N) is 1. The van der Waals surface area contributed by atoms with Gasteiger partial charge in [0.1, 0.15) is 0 Å². The van der Waals surface area contributed by atoms with Crippen LogP contribution in [-0.2, 0) is 11.3 Å². The fourth-order valence-corrected chi connectivity index (χ4v) is 3.48. The second-order valence-corrected chi connectivity index (χ2v) is 6.51. The van der Waals surface area contributed by atoms with Crippen molar-refractivity contribution < 1.29 is 14.3 Å². The van der Waals surface area contributed by atoms with Crippen molar-refractivity contribution in [2.45, 2.75) is 51.6 Å². The van der Waals surface area contributed by atoms with Crippen LogP contribution in [0.5, 0.6) is 11.5 Å². The molecule has 1 aliphatic heterocycles. The summed E-state index contributed by atoms with van der Waals surface area (Å²) in [4.78, 5) is 14.5. The summed E-state index contributed by atoms with van der Waals surface area (Å²) in [5.41, 5.74) is 7.25. The Labute approximate surface area is 149 Å². The smallest absolute Gasteiger partial charge is 0.231 e. The van der Waals surface area contributed by atoms with E-state index in [4.69, 9.17) is 15.2 Å². The van der Waals surface area contributed by atoms with E-state index in [0.717, 1.165) is 29.9 Å². The van der Waals surface area contributed by atoms with Crippen LogP contribution < -0.4 is 15.2 Å². The average molecular weight is 355 g/mol. The van der Waals surface area contributed by atoms with Gasteiger partial charge in [-0.3, -0.25) is 4.79 Å². The van der Waals surface area contributed by atoms with Crippen LogP contribution in [0.2, 0.25) is 0 Å². The zero-order valence-electron chi connectivity index (χ0n) is 14.2. The molecule has 0 saturated heterocycles. The molecule has 0 radical (unpaired) electrons. The molecule has 0 bridgehead atoms. The van der Waals surface area contributed by atoms with Gasteiger partial charge < -0.3 is 20.1 Å². The molecule has 2 N–H and O–H groups in total. The zero-order chi connectivity index (χ0) is 16.2. The number of benzene rings is 1. The standard InChI is InChI=1S/C18H26N2O3.ClH/c1-2-20(18(21)10-14-5-3-4-6-15(14)19)11-13-7-8-16-17(9-13)23-12-22-16;/h7-9,14-15H,2-6,10-12,19H2,1H3;1H. The lowest BCUT2D eigenvalue weighted by Crippen LogP contribution is -2.38. The highest BCUT2D eigenvalue weighted by Gasteiger charge is 2.26. The van der Waals surface area contributed by atoms with Gasteiger partial charge in [-0.2, -0.15) is 0 Å². The van der Waals surface area contributed by atoms with Crippen LogP contribution in [-0.4, -0.2) is 30.2 Å². The number of halogens is 1. The molecule has 2 unspecified atom stereocenters. The predicted molar refractivity (Wildman–Crippen MR) is 95.5 cm³/mol. The molecule has 1 saturated carbocycles. The molecule has 24 heavy (non-hydrogen) atoms. The third-order valence-electron chi connectivity index (χ3n) is 4.95. The summed E-state index contributed by atoms with van der Waals surface area (Å²) in [6.07, 6.45) is 5.08. The number of fused-ring (bicyclic) bond motifs is 1. The van der Waals surface area contributed by atoms with Crippen molar-refractivity contribution in [2.24, 2.45) is 11.7 Å². The Morgan fingerprint density at radius 2 is 2.00 bits per heavy atom. The van der Waals surface area contributed by atoms with Crippen LogP contribution in [0.15, 0.2) is 18.2 Å². The van der Waals surface area contributed by atoms with Crippen LogP contribution in [0.25, 0.3) is 0 Å². The van der Waals surface area contributed by atoms with E-state index in [-0.39, 0.29) is 31.1 Å². The van der Waals surface area contributed by atoms with Gasteiger partial charge in [-0.1, -0.05) is 18.9 Å². The molecule has 1 heterocycles. The van der Waals surface area contributed by atoms with Gasteiger partial charge in [0.25, 0.3) is 0 Å². The molecule has 134 valence electrons. The van der Waals surface area contributed by atoms with E-state index in [9.17, 15) is 4.79 Å². The summed E-state index contributed by atoms with van der Waals surface area (Å²) >= 11 is 0. The number of nitrogens with two attached hydrogens (primary N) is 1. The molecule has 2 aliphatic rings. The largest absolute Gasteiger partial charge is 0.454 e. The minimum atomic E-state index is 0. The summed E-state index contributed by atoms with van der Waals surface area (Å²) in [5, 5.41) is 0. The summed E-state index contributed by atoms with van der Waals surface area (Å²) in [7, 11) is 0. The van der Waals surface area contributed by atoms with Gasteiger partial charge in [0, 0.05) is 25.6 Å². The highest BCUT2D eigenvalue weighted by Crippen LogP contribution is 2.33. The maximum atomic E-state index is 12.6. The minimum Gasteiger partial charge on any atom is -0.454 e. The van der Waals surface area contributed by atoms with E-state index in [1.54, 1.807) is 0 Å². The van der Waals surface area contributed by atoms with E-state index >= 15 is 0 Å². The van der Waals surface area contributed by atoms with Gasteiger partial charge in [-0.15, -0.1) is 12.4 Å². The normalized spacial score (nSPS) is 21.9. The average Bonchev–Trinajstić information content (AvgIpc) is 3.02.